The molecule has 0 spiro atoms. The van der Waals surface area contributed by atoms with Crippen LogP contribution in [0.4, 0.5) is 4.39 Å². The molecule has 0 amide bonds. The van der Waals surface area contributed by atoms with Crippen molar-refractivity contribution in [2.75, 3.05) is 13.1 Å². The summed E-state index contributed by atoms with van der Waals surface area (Å²) in [6.07, 6.45) is 1.07. The van der Waals surface area contributed by atoms with Gasteiger partial charge in [0.2, 0.25) is 0 Å². The van der Waals surface area contributed by atoms with Gasteiger partial charge in [0, 0.05) is 18.6 Å². The highest BCUT2D eigenvalue weighted by Crippen LogP contribution is 2.22. The summed E-state index contributed by atoms with van der Waals surface area (Å²) >= 11 is 0. The molecule has 0 aromatic heterocycles. The zero-order chi connectivity index (χ0) is 12.8. The Morgan fingerprint density at radius 3 is 2.53 bits per heavy atom. The summed E-state index contributed by atoms with van der Waals surface area (Å²) in [7, 11) is 0. The Morgan fingerprint density at radius 1 is 1.35 bits per heavy atom. The molecule has 0 radical (unpaired) electrons. The lowest BCUT2D eigenvalue weighted by molar-refractivity contribution is 0.157. The first-order valence-electron chi connectivity index (χ1n) is 6.31. The monoisotopic (exact) mass is 238 g/mol. The fraction of sp³-hybridized carbons (Fsp3) is 0.571. The second-order valence-corrected chi connectivity index (χ2v) is 4.64. The Kier molecular flexibility index (Phi) is 5.59. The lowest BCUT2D eigenvalue weighted by Crippen LogP contribution is -2.39. The van der Waals surface area contributed by atoms with Crippen molar-refractivity contribution in [3.05, 3.63) is 35.6 Å². The Labute approximate surface area is 104 Å². The van der Waals surface area contributed by atoms with E-state index in [0.717, 1.165) is 18.5 Å². The summed E-state index contributed by atoms with van der Waals surface area (Å²) in [5, 5.41) is 0. The molecule has 0 bridgehead atoms. The Balaban J connectivity index is 2.95. The van der Waals surface area contributed by atoms with Crippen molar-refractivity contribution < 1.29 is 4.39 Å². The van der Waals surface area contributed by atoms with Crippen LogP contribution >= 0.6 is 0 Å². The number of benzene rings is 1. The Hall–Kier alpha value is -0.930. The minimum absolute atomic E-state index is 0.102. The number of nitrogens with zero attached hydrogens (tertiary/aromatic N) is 1. The molecule has 1 rings (SSSR count). The normalized spacial score (nSPS) is 13.4. The Bertz CT molecular complexity index is 339. The van der Waals surface area contributed by atoms with Crippen molar-refractivity contribution >= 4 is 0 Å². The van der Waals surface area contributed by atoms with Crippen molar-refractivity contribution in [2.45, 2.75) is 39.3 Å². The highest BCUT2D eigenvalue weighted by Gasteiger charge is 2.21. The Morgan fingerprint density at radius 2 is 2.06 bits per heavy atom. The summed E-state index contributed by atoms with van der Waals surface area (Å²) in [5.74, 6) is -0.193. The first-order valence-corrected chi connectivity index (χ1v) is 6.31. The molecular weight excluding hydrogens is 215 g/mol. The van der Waals surface area contributed by atoms with Gasteiger partial charge >= 0.3 is 0 Å². The summed E-state index contributed by atoms with van der Waals surface area (Å²) in [4.78, 5) is 2.33. The smallest absolute Gasteiger partial charge is 0.123 e. The second kappa shape index (κ2) is 6.72. The molecule has 1 aromatic carbocycles. The van der Waals surface area contributed by atoms with E-state index in [9.17, 15) is 4.39 Å². The third-order valence-electron chi connectivity index (χ3n) is 3.00. The topological polar surface area (TPSA) is 29.3 Å². The first-order chi connectivity index (χ1) is 8.10. The minimum Gasteiger partial charge on any atom is -0.329 e. The molecule has 0 heterocycles. The molecule has 2 N–H and O–H groups in total. The number of hydrogen-bond donors (Lipinski definition) is 1. The molecule has 0 fully saturated rings. The van der Waals surface area contributed by atoms with E-state index in [0.29, 0.717) is 12.6 Å². The van der Waals surface area contributed by atoms with Gasteiger partial charge in [0.1, 0.15) is 5.82 Å². The van der Waals surface area contributed by atoms with Gasteiger partial charge in [-0.25, -0.2) is 4.39 Å². The van der Waals surface area contributed by atoms with Crippen molar-refractivity contribution in [3.8, 4) is 0 Å². The molecule has 1 atom stereocenters. The molecule has 96 valence electrons. The first kappa shape index (κ1) is 14.1. The van der Waals surface area contributed by atoms with Crippen LogP contribution in [0, 0.1) is 5.82 Å². The van der Waals surface area contributed by atoms with E-state index in [1.54, 1.807) is 12.1 Å². The van der Waals surface area contributed by atoms with Crippen LogP contribution in [0.15, 0.2) is 24.3 Å². The molecule has 1 aromatic rings. The predicted molar refractivity (Wildman–Crippen MR) is 70.3 cm³/mol. The van der Waals surface area contributed by atoms with Gasteiger partial charge in [-0.3, -0.25) is 4.90 Å². The molecule has 1 unspecified atom stereocenters. The van der Waals surface area contributed by atoms with Crippen LogP contribution in [0.5, 0.6) is 0 Å². The molecule has 0 aliphatic heterocycles. The fourth-order valence-corrected chi connectivity index (χ4v) is 2.21. The lowest BCUT2D eigenvalue weighted by atomic mass is 10.0. The van der Waals surface area contributed by atoms with Crippen molar-refractivity contribution in [1.29, 1.82) is 0 Å². The third-order valence-corrected chi connectivity index (χ3v) is 3.00. The van der Waals surface area contributed by atoms with Crippen LogP contribution in [-0.4, -0.2) is 24.0 Å². The van der Waals surface area contributed by atoms with E-state index in [4.69, 9.17) is 5.73 Å². The average Bonchev–Trinajstić information content (AvgIpc) is 2.29. The highest BCUT2D eigenvalue weighted by atomic mass is 19.1. The summed E-state index contributed by atoms with van der Waals surface area (Å²) < 4.78 is 13.3. The van der Waals surface area contributed by atoms with E-state index in [1.165, 1.54) is 6.07 Å². The van der Waals surface area contributed by atoms with E-state index in [-0.39, 0.29) is 11.9 Å². The third kappa shape index (κ3) is 3.79. The van der Waals surface area contributed by atoms with Gasteiger partial charge in [0.15, 0.2) is 0 Å². The lowest BCUT2D eigenvalue weighted by Gasteiger charge is -2.34. The molecule has 3 heteroatoms. The van der Waals surface area contributed by atoms with E-state index in [1.807, 2.05) is 6.07 Å². The summed E-state index contributed by atoms with van der Waals surface area (Å²) in [6, 6.07) is 7.26. The predicted octanol–water partition coefficient (Wildman–Crippen LogP) is 2.95. The molecule has 17 heavy (non-hydrogen) atoms. The number of hydrogen-bond acceptors (Lipinski definition) is 2. The van der Waals surface area contributed by atoms with Gasteiger partial charge in [-0.2, -0.15) is 0 Å². The zero-order valence-electron chi connectivity index (χ0n) is 11.0. The average molecular weight is 238 g/mol. The fourth-order valence-electron chi connectivity index (χ4n) is 2.21. The van der Waals surface area contributed by atoms with Crippen molar-refractivity contribution in [2.24, 2.45) is 5.73 Å². The number of halogens is 1. The van der Waals surface area contributed by atoms with E-state index >= 15 is 0 Å². The minimum atomic E-state index is -0.193. The van der Waals surface area contributed by atoms with E-state index < -0.39 is 0 Å². The standard InChI is InChI=1S/C14H23FN2/c1-4-8-17(11(2)3)14(10-16)12-6-5-7-13(15)9-12/h5-7,9,11,14H,4,8,10,16H2,1-3H3. The van der Waals surface area contributed by atoms with Gasteiger partial charge in [0.05, 0.1) is 0 Å². The SMILES string of the molecule is CCCN(C(C)C)C(CN)c1cccc(F)c1. The maximum atomic E-state index is 13.3. The van der Waals surface area contributed by atoms with Gasteiger partial charge < -0.3 is 5.73 Å². The maximum Gasteiger partial charge on any atom is 0.123 e. The number of nitrogens with two attached hydrogens (primary N) is 1. The summed E-state index contributed by atoms with van der Waals surface area (Å²) in [6.45, 7) is 7.95. The highest BCUT2D eigenvalue weighted by molar-refractivity contribution is 5.20. The molecule has 0 aliphatic carbocycles. The van der Waals surface area contributed by atoms with Crippen LogP contribution in [0.1, 0.15) is 38.8 Å². The molecule has 2 nitrogen and oxygen atoms in total. The zero-order valence-corrected chi connectivity index (χ0v) is 11.0. The van der Waals surface area contributed by atoms with Crippen LogP contribution in [0.2, 0.25) is 0 Å². The van der Waals surface area contributed by atoms with Crippen LogP contribution < -0.4 is 5.73 Å². The van der Waals surface area contributed by atoms with Gasteiger partial charge in [0.25, 0.3) is 0 Å². The quantitative estimate of drug-likeness (QED) is 0.825. The molecule has 0 saturated carbocycles. The van der Waals surface area contributed by atoms with Crippen LogP contribution in [0.25, 0.3) is 0 Å². The van der Waals surface area contributed by atoms with Gasteiger partial charge in [-0.15, -0.1) is 0 Å². The molecule has 0 saturated heterocycles. The van der Waals surface area contributed by atoms with Crippen molar-refractivity contribution in [3.63, 3.8) is 0 Å². The van der Waals surface area contributed by atoms with Gasteiger partial charge in [-0.05, 0) is 44.5 Å². The van der Waals surface area contributed by atoms with Crippen LogP contribution in [0.3, 0.4) is 0 Å². The van der Waals surface area contributed by atoms with Gasteiger partial charge in [-0.1, -0.05) is 19.1 Å². The van der Waals surface area contributed by atoms with Crippen molar-refractivity contribution in [1.82, 2.24) is 4.90 Å². The molecule has 0 aliphatic rings. The number of rotatable bonds is 6. The van der Waals surface area contributed by atoms with E-state index in [2.05, 4.69) is 25.7 Å². The second-order valence-electron chi connectivity index (χ2n) is 4.64. The summed E-state index contributed by atoms with van der Waals surface area (Å²) in [5.41, 5.74) is 6.83. The largest absolute Gasteiger partial charge is 0.329 e. The maximum absolute atomic E-state index is 13.3. The molecular formula is C14H23FN2. The van der Waals surface area contributed by atoms with Crippen LogP contribution in [-0.2, 0) is 0 Å².